The number of carbonyl (C=O) groups is 4. The van der Waals surface area contributed by atoms with Crippen LogP contribution in [0.3, 0.4) is 0 Å². The lowest BCUT2D eigenvalue weighted by atomic mass is 9.63. The summed E-state index contributed by atoms with van der Waals surface area (Å²) in [5.41, 5.74) is 2.83. The Morgan fingerprint density at radius 1 is 0.909 bits per heavy atom. The second-order valence-corrected chi connectivity index (χ2v) is 13.7. The van der Waals surface area contributed by atoms with E-state index in [1.807, 2.05) is 27.7 Å². The lowest BCUT2D eigenvalue weighted by Gasteiger charge is -2.48. The zero-order valence-corrected chi connectivity index (χ0v) is 26.2. The molecule has 2 N–H and O–H groups in total. The smallest absolute Gasteiger partial charge is 0.335 e. The number of nitrogens with zero attached hydrogens (tertiary/aromatic N) is 1. The number of Topliss-reactive ketones (excluding diaryl/α,β-unsaturated/α-hetero) is 2. The number of ether oxygens (including phenoxy) is 2. The number of benzene rings is 2. The fourth-order valence-corrected chi connectivity index (χ4v) is 6.93. The van der Waals surface area contributed by atoms with E-state index < -0.39 is 17.9 Å². The van der Waals surface area contributed by atoms with E-state index in [1.165, 1.54) is 19.2 Å². The summed E-state index contributed by atoms with van der Waals surface area (Å²) in [4.78, 5) is 52.8. The molecule has 2 aliphatic carbocycles. The second-order valence-electron chi connectivity index (χ2n) is 13.3. The first-order chi connectivity index (χ1) is 20.6. The molecule has 1 heterocycles. The molecular weight excluding hydrogens is 586 g/mol. The monoisotopic (exact) mass is 621 g/mol. The zero-order chi connectivity index (χ0) is 32.1. The van der Waals surface area contributed by atoms with Crippen LogP contribution in [-0.2, 0) is 21.0 Å². The van der Waals surface area contributed by atoms with Crippen molar-refractivity contribution in [2.45, 2.75) is 65.9 Å². The van der Waals surface area contributed by atoms with Crippen LogP contribution in [0, 0.1) is 10.8 Å². The Bertz CT molecular complexity index is 1580. The third kappa shape index (κ3) is 5.98. The summed E-state index contributed by atoms with van der Waals surface area (Å²) < 4.78 is 11.7. The Hall–Kier alpha value is -4.11. The predicted octanol–water partition coefficient (Wildman–Crippen LogP) is 6.40. The molecule has 1 aliphatic heterocycles. The van der Waals surface area contributed by atoms with Gasteiger partial charge in [0.1, 0.15) is 13.2 Å². The van der Waals surface area contributed by atoms with Crippen LogP contribution >= 0.6 is 11.6 Å². The van der Waals surface area contributed by atoms with Crippen molar-refractivity contribution in [2.24, 2.45) is 10.8 Å². The number of hydrogen-bond acceptors (Lipinski definition) is 7. The lowest BCUT2D eigenvalue weighted by Crippen LogP contribution is -2.45. The van der Waals surface area contributed by atoms with Gasteiger partial charge in [0.2, 0.25) is 0 Å². The van der Waals surface area contributed by atoms with Crippen molar-refractivity contribution < 1.29 is 38.9 Å². The van der Waals surface area contributed by atoms with Crippen molar-refractivity contribution in [3.05, 3.63) is 80.7 Å². The van der Waals surface area contributed by atoms with Gasteiger partial charge in [-0.15, -0.1) is 0 Å². The highest BCUT2D eigenvalue weighted by atomic mass is 35.5. The number of allylic oxidation sites excluding steroid dienone is 4. The van der Waals surface area contributed by atoms with Crippen LogP contribution in [0.25, 0.3) is 0 Å². The van der Waals surface area contributed by atoms with Crippen molar-refractivity contribution in [3.63, 3.8) is 0 Å². The summed E-state index contributed by atoms with van der Waals surface area (Å²) in [6.45, 7) is 7.71. The van der Waals surface area contributed by atoms with Gasteiger partial charge in [-0.25, -0.2) is 4.79 Å². The third-order valence-corrected chi connectivity index (χ3v) is 8.77. The molecule has 232 valence electrons. The molecule has 0 saturated heterocycles. The number of aromatic carboxylic acids is 1. The first-order valence-corrected chi connectivity index (χ1v) is 14.8. The zero-order valence-electron chi connectivity index (χ0n) is 25.5. The Kier molecular flexibility index (Phi) is 8.14. The second kappa shape index (κ2) is 11.4. The molecule has 0 atom stereocenters. The van der Waals surface area contributed by atoms with Crippen molar-refractivity contribution >= 4 is 35.1 Å². The highest BCUT2D eigenvalue weighted by molar-refractivity contribution is 6.32. The highest BCUT2D eigenvalue weighted by Crippen LogP contribution is 2.55. The molecule has 10 heteroatoms. The van der Waals surface area contributed by atoms with Gasteiger partial charge >= 0.3 is 11.9 Å². The normalized spacial score (nSPS) is 19.5. The van der Waals surface area contributed by atoms with Gasteiger partial charge in [-0.1, -0.05) is 51.4 Å². The van der Waals surface area contributed by atoms with Gasteiger partial charge in [-0.3, -0.25) is 14.4 Å². The summed E-state index contributed by atoms with van der Waals surface area (Å²) in [5, 5.41) is 19.3. The third-order valence-electron chi connectivity index (χ3n) is 8.48. The van der Waals surface area contributed by atoms with E-state index in [1.54, 1.807) is 29.2 Å². The van der Waals surface area contributed by atoms with Gasteiger partial charge in [0.15, 0.2) is 23.1 Å². The van der Waals surface area contributed by atoms with Crippen LogP contribution in [0.15, 0.2) is 58.9 Å². The van der Waals surface area contributed by atoms with Crippen LogP contribution in [0.2, 0.25) is 5.02 Å². The number of aliphatic carboxylic acids is 1. The van der Waals surface area contributed by atoms with Gasteiger partial charge in [0.25, 0.3) is 0 Å². The number of halogens is 1. The largest absolute Gasteiger partial charge is 0.493 e. The molecule has 0 unspecified atom stereocenters. The number of methoxy groups -OCH3 is 1. The molecule has 2 aromatic carbocycles. The number of hydrogen-bond donors (Lipinski definition) is 2. The van der Waals surface area contributed by atoms with Crippen molar-refractivity contribution in [1.82, 2.24) is 4.90 Å². The summed E-state index contributed by atoms with van der Waals surface area (Å²) in [7, 11) is 1.47. The molecule has 0 spiro atoms. The van der Waals surface area contributed by atoms with Gasteiger partial charge in [0.05, 0.1) is 17.7 Å². The van der Waals surface area contributed by atoms with Crippen LogP contribution in [-0.4, -0.2) is 52.3 Å². The minimum atomic E-state index is -1.04. The molecule has 0 amide bonds. The number of carboxylic acid groups (broad SMARTS) is 2. The van der Waals surface area contributed by atoms with Crippen LogP contribution in [0.4, 0.5) is 0 Å². The molecule has 3 aliphatic rings. The molecule has 5 rings (SSSR count). The van der Waals surface area contributed by atoms with Gasteiger partial charge < -0.3 is 24.6 Å². The topological polar surface area (TPSA) is 130 Å². The van der Waals surface area contributed by atoms with E-state index in [0.717, 1.165) is 5.56 Å². The average molecular weight is 622 g/mol. The van der Waals surface area contributed by atoms with E-state index in [9.17, 15) is 24.3 Å². The van der Waals surface area contributed by atoms with Crippen LogP contribution in [0.1, 0.15) is 80.8 Å². The molecule has 2 aromatic rings. The molecular formula is C34H36ClNO8. The van der Waals surface area contributed by atoms with Crippen LogP contribution in [0.5, 0.6) is 11.5 Å². The van der Waals surface area contributed by atoms with E-state index in [-0.39, 0.29) is 64.7 Å². The molecule has 0 radical (unpaired) electrons. The van der Waals surface area contributed by atoms with Gasteiger partial charge in [0, 0.05) is 41.3 Å². The fraction of sp³-hybridized carbons (Fsp3) is 0.412. The molecule has 0 aromatic heterocycles. The maximum absolute atomic E-state index is 13.9. The minimum absolute atomic E-state index is 0.0919. The minimum Gasteiger partial charge on any atom is -0.493 e. The Morgan fingerprint density at radius 3 is 1.93 bits per heavy atom. The summed E-state index contributed by atoms with van der Waals surface area (Å²) >= 11 is 6.80. The van der Waals surface area contributed by atoms with E-state index in [0.29, 0.717) is 46.7 Å². The van der Waals surface area contributed by atoms with E-state index >= 15 is 0 Å². The maximum atomic E-state index is 13.9. The van der Waals surface area contributed by atoms with Crippen LogP contribution < -0.4 is 9.47 Å². The quantitative estimate of drug-likeness (QED) is 0.344. The first kappa shape index (κ1) is 31.3. The molecule has 0 bridgehead atoms. The SMILES string of the molecule is COc1cc(C2C3=C(CC(C)(C)CC3=O)N(CC(=O)O)C3=C2C(=O)CC(C)(C)C3)cc(Cl)c1OCc1ccc(C(=O)O)cc1. The van der Waals surface area contributed by atoms with Crippen molar-refractivity contribution in [3.8, 4) is 11.5 Å². The maximum Gasteiger partial charge on any atom is 0.335 e. The standard InChI is InChI=1S/C34H36ClNO8/c1-33(2)12-22-29(24(37)14-33)28(30-23(36(22)16-27(39)40)13-34(3,4)15-25(30)38)20-10-21(35)31(26(11-20)43-5)44-17-18-6-8-19(9-7-18)32(41)42/h6-11,28H,12-17H2,1-5H3,(H,39,40)(H,41,42). The molecule has 0 fully saturated rings. The summed E-state index contributed by atoms with van der Waals surface area (Å²) in [6.07, 6.45) is 1.49. The highest BCUT2D eigenvalue weighted by Gasteiger charge is 2.49. The van der Waals surface area contributed by atoms with Gasteiger partial charge in [-0.2, -0.15) is 0 Å². The number of carbonyl (C=O) groups excluding carboxylic acids is 2. The molecule has 44 heavy (non-hydrogen) atoms. The fourth-order valence-electron chi connectivity index (χ4n) is 6.65. The van der Waals surface area contributed by atoms with Crippen molar-refractivity contribution in [2.75, 3.05) is 13.7 Å². The molecule has 9 nitrogen and oxygen atoms in total. The van der Waals surface area contributed by atoms with Crippen molar-refractivity contribution in [1.29, 1.82) is 0 Å². The number of ketones is 2. The van der Waals surface area contributed by atoms with E-state index in [2.05, 4.69) is 0 Å². The summed E-state index contributed by atoms with van der Waals surface area (Å²) in [5.74, 6) is -2.48. The summed E-state index contributed by atoms with van der Waals surface area (Å²) in [6, 6.07) is 9.68. The lowest BCUT2D eigenvalue weighted by molar-refractivity contribution is -0.138. The Morgan fingerprint density at radius 2 is 1.45 bits per heavy atom. The Labute approximate surface area is 261 Å². The molecule has 0 saturated carbocycles. The Balaban J connectivity index is 1.62. The van der Waals surface area contributed by atoms with E-state index in [4.69, 9.17) is 26.2 Å². The number of carboxylic acids is 2. The number of rotatable bonds is 8. The van der Waals surface area contributed by atoms with Gasteiger partial charge in [-0.05, 0) is 59.1 Å². The average Bonchev–Trinajstić information content (AvgIpc) is 2.91. The first-order valence-electron chi connectivity index (χ1n) is 14.4. The predicted molar refractivity (Wildman–Crippen MR) is 163 cm³/mol.